The fourth-order valence-electron chi connectivity index (χ4n) is 11.0. The first-order valence-corrected chi connectivity index (χ1v) is 22.1. The van der Waals surface area contributed by atoms with Crippen molar-refractivity contribution in [2.45, 2.75) is 24.7 Å². The molecule has 10 aromatic rings. The second kappa shape index (κ2) is 14.4. The van der Waals surface area contributed by atoms with Gasteiger partial charge in [-0.25, -0.2) is 0 Å². The minimum Gasteiger partial charge on any atom is -0.310 e. The summed E-state index contributed by atoms with van der Waals surface area (Å²) in [5.74, 6) is 0. The molecule has 0 heterocycles. The van der Waals surface area contributed by atoms with E-state index in [-0.39, 0.29) is 5.41 Å². The molecule has 0 aliphatic heterocycles. The molecule has 0 amide bonds. The molecular weight excluding hydrogens is 759 g/mol. The first-order chi connectivity index (χ1) is 31.0. The summed E-state index contributed by atoms with van der Waals surface area (Å²) in [4.78, 5) is 2.48. The average Bonchev–Trinajstić information content (AvgIpc) is 3.76. The van der Waals surface area contributed by atoms with Gasteiger partial charge in [0.05, 0.1) is 5.41 Å². The predicted octanol–water partition coefficient (Wildman–Crippen LogP) is 16.3. The van der Waals surface area contributed by atoms with Crippen LogP contribution in [0.2, 0.25) is 0 Å². The van der Waals surface area contributed by atoms with E-state index in [2.05, 4.69) is 255 Å². The Morgan fingerprint density at radius 2 is 0.810 bits per heavy atom. The van der Waals surface area contributed by atoms with Crippen LogP contribution in [0, 0.1) is 0 Å². The Morgan fingerprint density at radius 1 is 0.317 bits per heavy atom. The molecule has 0 bridgehead atoms. The van der Waals surface area contributed by atoms with Gasteiger partial charge in [0, 0.05) is 22.5 Å². The summed E-state index contributed by atoms with van der Waals surface area (Å²) >= 11 is 0. The lowest BCUT2D eigenvalue weighted by molar-refractivity contribution is 0.660. The number of hydrogen-bond donors (Lipinski definition) is 0. The van der Waals surface area contributed by atoms with Crippen molar-refractivity contribution >= 4 is 27.8 Å². The van der Waals surface area contributed by atoms with Crippen LogP contribution in [0.25, 0.3) is 55.3 Å². The lowest BCUT2D eigenvalue weighted by Crippen LogP contribution is -2.29. The van der Waals surface area contributed by atoms with Gasteiger partial charge in [-0.3, -0.25) is 0 Å². The van der Waals surface area contributed by atoms with Crippen molar-refractivity contribution in [3.05, 3.63) is 270 Å². The van der Waals surface area contributed by atoms with Gasteiger partial charge in [-0.15, -0.1) is 0 Å². The molecule has 63 heavy (non-hydrogen) atoms. The van der Waals surface area contributed by atoms with E-state index in [9.17, 15) is 0 Å². The molecule has 0 unspecified atom stereocenters. The number of anilines is 3. The predicted molar refractivity (Wildman–Crippen MR) is 264 cm³/mol. The molecule has 0 fully saturated rings. The monoisotopic (exact) mass is 803 g/mol. The lowest BCUT2D eigenvalue weighted by Gasteiger charge is -2.35. The Kier molecular flexibility index (Phi) is 8.49. The van der Waals surface area contributed by atoms with E-state index in [1.807, 2.05) is 0 Å². The van der Waals surface area contributed by atoms with E-state index in [0.29, 0.717) is 0 Å². The summed E-state index contributed by atoms with van der Waals surface area (Å²) in [5.41, 5.74) is 20.5. The highest BCUT2D eigenvalue weighted by molar-refractivity contribution is 6.09. The fraction of sp³-hybridized carbons (Fsp3) is 0.0645. The molecule has 0 N–H and O–H groups in total. The van der Waals surface area contributed by atoms with Gasteiger partial charge in [0.25, 0.3) is 0 Å². The molecule has 298 valence electrons. The van der Waals surface area contributed by atoms with Gasteiger partial charge in [-0.05, 0) is 131 Å². The van der Waals surface area contributed by atoms with Gasteiger partial charge in [-0.2, -0.15) is 0 Å². The minimum atomic E-state index is -0.610. The first-order valence-electron chi connectivity index (χ1n) is 22.1. The summed E-state index contributed by atoms with van der Waals surface area (Å²) < 4.78 is 0. The summed E-state index contributed by atoms with van der Waals surface area (Å²) in [7, 11) is 0. The normalized spacial score (nSPS) is 13.8. The van der Waals surface area contributed by atoms with Gasteiger partial charge in [0.1, 0.15) is 0 Å². The minimum absolute atomic E-state index is 0.143. The van der Waals surface area contributed by atoms with Crippen LogP contribution in [0.5, 0.6) is 0 Å². The van der Waals surface area contributed by atoms with Gasteiger partial charge in [-0.1, -0.05) is 208 Å². The number of benzene rings is 10. The molecule has 0 radical (unpaired) electrons. The summed E-state index contributed by atoms with van der Waals surface area (Å²) in [6, 6.07) is 87.9. The smallest absolute Gasteiger partial charge is 0.0714 e. The maximum Gasteiger partial charge on any atom is 0.0714 e. The molecule has 0 saturated carbocycles. The van der Waals surface area contributed by atoms with Gasteiger partial charge >= 0.3 is 0 Å². The van der Waals surface area contributed by atoms with Crippen LogP contribution in [-0.4, -0.2) is 0 Å². The molecule has 0 saturated heterocycles. The summed E-state index contributed by atoms with van der Waals surface area (Å²) in [6.07, 6.45) is 0. The van der Waals surface area contributed by atoms with Crippen LogP contribution in [0.15, 0.2) is 237 Å². The standard InChI is InChI=1S/C62H45N/c1-61(2)55-30-18-17-29-52(55)53-37-35-49(40-56(53)61)63(48-33-31-43(32-34-48)42-19-7-3-8-20-42)50-36-38-54-57(41-50)62(46-24-11-5-12-25-46,47-26-13-6-14-27-47)58-39-45-23-15-16-28-51(45)59(60(54)58)44-21-9-4-10-22-44/h3-41H,1-2H3. The maximum atomic E-state index is 2.51. The zero-order valence-corrected chi connectivity index (χ0v) is 35.5. The van der Waals surface area contributed by atoms with E-state index < -0.39 is 5.41 Å². The number of nitrogens with zero attached hydrogens (tertiary/aromatic N) is 1. The molecule has 0 atom stereocenters. The second-order valence-corrected chi connectivity index (χ2v) is 17.6. The van der Waals surface area contributed by atoms with E-state index >= 15 is 0 Å². The topological polar surface area (TPSA) is 3.24 Å². The Hall–Kier alpha value is -7.74. The van der Waals surface area contributed by atoms with Crippen molar-refractivity contribution in [3.63, 3.8) is 0 Å². The molecular formula is C62H45N. The van der Waals surface area contributed by atoms with Crippen LogP contribution in [0.1, 0.15) is 47.2 Å². The molecule has 1 nitrogen and oxygen atoms in total. The Morgan fingerprint density at radius 3 is 1.48 bits per heavy atom. The highest BCUT2D eigenvalue weighted by Crippen LogP contribution is 2.61. The van der Waals surface area contributed by atoms with Gasteiger partial charge in [0.2, 0.25) is 0 Å². The Bertz CT molecular complexity index is 3290. The average molecular weight is 804 g/mol. The van der Waals surface area contributed by atoms with Crippen molar-refractivity contribution < 1.29 is 0 Å². The summed E-state index contributed by atoms with van der Waals surface area (Å²) in [5, 5.41) is 2.50. The van der Waals surface area contributed by atoms with Crippen LogP contribution >= 0.6 is 0 Å². The molecule has 2 aliphatic carbocycles. The third kappa shape index (κ3) is 5.63. The van der Waals surface area contributed by atoms with E-state index in [0.717, 1.165) is 17.1 Å². The zero-order valence-electron chi connectivity index (χ0n) is 35.5. The van der Waals surface area contributed by atoms with Gasteiger partial charge in [0.15, 0.2) is 0 Å². The van der Waals surface area contributed by atoms with Crippen molar-refractivity contribution in [2.24, 2.45) is 0 Å². The summed E-state index contributed by atoms with van der Waals surface area (Å²) in [6.45, 7) is 4.74. The van der Waals surface area contributed by atoms with Crippen molar-refractivity contribution in [1.82, 2.24) is 0 Å². The van der Waals surface area contributed by atoms with Crippen LogP contribution in [-0.2, 0) is 10.8 Å². The number of fused-ring (bicyclic) bond motifs is 7. The Labute approximate surface area is 370 Å². The van der Waals surface area contributed by atoms with Crippen LogP contribution in [0.3, 0.4) is 0 Å². The second-order valence-electron chi connectivity index (χ2n) is 17.6. The largest absolute Gasteiger partial charge is 0.310 e. The molecule has 2 aliphatic rings. The fourth-order valence-corrected chi connectivity index (χ4v) is 11.0. The van der Waals surface area contributed by atoms with E-state index in [4.69, 9.17) is 0 Å². The lowest BCUT2D eigenvalue weighted by atomic mass is 9.67. The van der Waals surface area contributed by atoms with Crippen molar-refractivity contribution in [1.29, 1.82) is 0 Å². The number of hydrogen-bond acceptors (Lipinski definition) is 1. The Balaban J connectivity index is 1.15. The highest BCUT2D eigenvalue weighted by atomic mass is 15.1. The maximum absolute atomic E-state index is 2.51. The van der Waals surface area contributed by atoms with E-state index in [1.54, 1.807) is 0 Å². The van der Waals surface area contributed by atoms with Crippen LogP contribution < -0.4 is 4.90 Å². The molecule has 0 aromatic heterocycles. The SMILES string of the molecule is CC1(C)c2ccccc2-c2ccc(N(c3ccc(-c4ccccc4)cc3)c3ccc4c(c3)C(c3ccccc3)(c3ccccc3)c3cc5ccccc5c(-c5ccccc5)c3-4)cc21. The first kappa shape index (κ1) is 37.1. The third-order valence-electron chi connectivity index (χ3n) is 13.9. The molecule has 10 aromatic carbocycles. The molecule has 0 spiro atoms. The zero-order chi connectivity index (χ0) is 42.1. The van der Waals surface area contributed by atoms with Gasteiger partial charge < -0.3 is 4.90 Å². The van der Waals surface area contributed by atoms with Crippen LogP contribution in [0.4, 0.5) is 17.1 Å². The molecule has 1 heteroatoms. The van der Waals surface area contributed by atoms with Crippen molar-refractivity contribution in [3.8, 4) is 44.5 Å². The molecule has 12 rings (SSSR count). The van der Waals surface area contributed by atoms with Crippen molar-refractivity contribution in [2.75, 3.05) is 4.90 Å². The third-order valence-corrected chi connectivity index (χ3v) is 13.9. The quantitative estimate of drug-likeness (QED) is 0.155. The van der Waals surface area contributed by atoms with E-state index in [1.165, 1.54) is 88.7 Å². The highest BCUT2D eigenvalue weighted by Gasteiger charge is 2.48. The number of rotatable bonds is 7.